The van der Waals surface area contributed by atoms with Crippen LogP contribution in [0, 0.1) is 24.2 Å². The Hall–Kier alpha value is -4.26. The maximum Gasteiger partial charge on any atom is 0.346 e. The topological polar surface area (TPSA) is 107 Å². The minimum Gasteiger partial charge on any atom is -0.306 e. The van der Waals surface area contributed by atoms with E-state index in [0.717, 1.165) is 45.3 Å². The van der Waals surface area contributed by atoms with Crippen LogP contribution in [0.5, 0.6) is 0 Å². The van der Waals surface area contributed by atoms with Gasteiger partial charge >= 0.3 is 6.03 Å². The van der Waals surface area contributed by atoms with Gasteiger partial charge in [0, 0.05) is 18.0 Å². The summed E-state index contributed by atoms with van der Waals surface area (Å²) in [7, 11) is 0. The zero-order chi connectivity index (χ0) is 26.2. The van der Waals surface area contributed by atoms with Crippen molar-refractivity contribution in [2.75, 3.05) is 17.2 Å². The lowest BCUT2D eigenvalue weighted by molar-refractivity contribution is -0.117. The Morgan fingerprint density at radius 2 is 1.79 bits per heavy atom. The normalized spacial score (nSPS) is 16.8. The molecule has 9 heteroatoms. The van der Waals surface area contributed by atoms with Crippen LogP contribution in [0.15, 0.2) is 60.7 Å². The molecule has 1 aliphatic heterocycles. The zero-order valence-corrected chi connectivity index (χ0v) is 21.5. The number of amides is 3. The van der Waals surface area contributed by atoms with E-state index in [0.29, 0.717) is 29.4 Å². The molecule has 1 saturated carbocycles. The molecule has 0 unspecified atom stereocenters. The van der Waals surface area contributed by atoms with E-state index in [1.807, 2.05) is 49.4 Å². The average Bonchev–Trinajstić information content (AvgIpc) is 3.53. The standard InChI is InChI=1S/C29H25N5O3S/c1-17-2-5-21(22-10-11-23-26(15-22)38-28(31-23)33-27(35)20-8-9-20)14-24(17)32-29(36)34-25(12-13-37-34)19-6-3-18(16-30)4-7-19/h2-7,10-11,14-15,20,25H,8-9,12-13H2,1H3,(H,32,36)(H,31,33,35)/t25-/m0/s1. The summed E-state index contributed by atoms with van der Waals surface area (Å²) in [4.78, 5) is 35.6. The molecule has 0 bridgehead atoms. The van der Waals surface area contributed by atoms with Crippen molar-refractivity contribution in [3.63, 3.8) is 0 Å². The first-order valence-corrected chi connectivity index (χ1v) is 13.4. The quantitative estimate of drug-likeness (QED) is 0.315. The molecule has 1 aromatic heterocycles. The Balaban J connectivity index is 1.21. The number of fused-ring (bicyclic) bond motifs is 1. The molecule has 2 fully saturated rings. The number of benzene rings is 3. The van der Waals surface area contributed by atoms with E-state index in [2.05, 4.69) is 27.8 Å². The monoisotopic (exact) mass is 523 g/mol. The van der Waals surface area contributed by atoms with E-state index in [1.54, 1.807) is 12.1 Å². The van der Waals surface area contributed by atoms with Crippen molar-refractivity contribution in [3.8, 4) is 17.2 Å². The van der Waals surface area contributed by atoms with Crippen molar-refractivity contribution in [2.45, 2.75) is 32.2 Å². The van der Waals surface area contributed by atoms with Crippen molar-refractivity contribution >= 4 is 44.3 Å². The van der Waals surface area contributed by atoms with Crippen LogP contribution in [0.2, 0.25) is 0 Å². The predicted octanol–water partition coefficient (Wildman–Crippen LogP) is 6.40. The SMILES string of the molecule is Cc1ccc(-c2ccc3nc(NC(=O)C4CC4)sc3c2)cc1NC(=O)N1OCC[C@H]1c1ccc(C#N)cc1. The van der Waals surface area contributed by atoms with Crippen molar-refractivity contribution < 1.29 is 14.4 Å². The van der Waals surface area contributed by atoms with E-state index in [1.165, 1.54) is 16.4 Å². The molecule has 3 amide bonds. The molecule has 2 heterocycles. The molecule has 4 aromatic rings. The van der Waals surface area contributed by atoms with E-state index in [-0.39, 0.29) is 23.9 Å². The van der Waals surface area contributed by atoms with Crippen molar-refractivity contribution in [3.05, 3.63) is 77.4 Å². The van der Waals surface area contributed by atoms with Crippen molar-refractivity contribution in [2.24, 2.45) is 5.92 Å². The molecule has 6 rings (SSSR count). The van der Waals surface area contributed by atoms with Gasteiger partial charge in [-0.2, -0.15) is 10.3 Å². The summed E-state index contributed by atoms with van der Waals surface area (Å²) < 4.78 is 0.982. The minimum absolute atomic E-state index is 0.0478. The number of hydrogen-bond acceptors (Lipinski definition) is 6. The average molecular weight is 524 g/mol. The van der Waals surface area contributed by atoms with Gasteiger partial charge in [0.1, 0.15) is 0 Å². The van der Waals surface area contributed by atoms with Crippen molar-refractivity contribution in [1.82, 2.24) is 10.0 Å². The molecule has 3 aromatic carbocycles. The molecular formula is C29H25N5O3S. The largest absolute Gasteiger partial charge is 0.346 e. The summed E-state index contributed by atoms with van der Waals surface area (Å²) in [6, 6.07) is 20.7. The number of rotatable bonds is 5. The fraction of sp³-hybridized carbons (Fsp3) is 0.241. The van der Waals surface area contributed by atoms with Gasteiger partial charge in [-0.15, -0.1) is 0 Å². The van der Waals surface area contributed by atoms with E-state index >= 15 is 0 Å². The predicted molar refractivity (Wildman–Crippen MR) is 146 cm³/mol. The molecule has 2 aliphatic rings. The third-order valence-corrected chi connectivity index (χ3v) is 7.84. The fourth-order valence-corrected chi connectivity index (χ4v) is 5.48. The summed E-state index contributed by atoms with van der Waals surface area (Å²) >= 11 is 1.46. The van der Waals surface area contributed by atoms with Gasteiger partial charge in [0.25, 0.3) is 0 Å². The van der Waals surface area contributed by atoms with Gasteiger partial charge in [0.2, 0.25) is 5.91 Å². The highest BCUT2D eigenvalue weighted by Crippen LogP contribution is 2.35. The third-order valence-electron chi connectivity index (χ3n) is 6.91. The Morgan fingerprint density at radius 3 is 2.55 bits per heavy atom. The second kappa shape index (κ2) is 9.89. The smallest absolute Gasteiger partial charge is 0.306 e. The van der Waals surface area contributed by atoms with Gasteiger partial charge in [-0.3, -0.25) is 9.63 Å². The molecular weight excluding hydrogens is 498 g/mol. The second-order valence-corrected chi connectivity index (χ2v) is 10.7. The van der Waals surface area contributed by atoms with Crippen LogP contribution in [0.3, 0.4) is 0 Å². The van der Waals surface area contributed by atoms with Crippen molar-refractivity contribution in [1.29, 1.82) is 5.26 Å². The van der Waals surface area contributed by atoms with Gasteiger partial charge in [0.05, 0.1) is 34.5 Å². The first kappa shape index (κ1) is 24.1. The van der Waals surface area contributed by atoms with Gasteiger partial charge in [-0.05, 0) is 72.4 Å². The summed E-state index contributed by atoms with van der Waals surface area (Å²) in [6.07, 6.45) is 2.58. The first-order chi connectivity index (χ1) is 18.5. The highest BCUT2D eigenvalue weighted by molar-refractivity contribution is 7.22. The molecule has 190 valence electrons. The van der Waals surface area contributed by atoms with E-state index in [4.69, 9.17) is 10.1 Å². The number of nitrogens with zero attached hydrogens (tertiary/aromatic N) is 3. The number of anilines is 2. The van der Waals surface area contributed by atoms with Gasteiger partial charge in [-0.1, -0.05) is 41.7 Å². The number of urea groups is 1. The van der Waals surface area contributed by atoms with Crippen LogP contribution in [-0.4, -0.2) is 28.6 Å². The second-order valence-electron chi connectivity index (χ2n) is 9.62. The lowest BCUT2D eigenvalue weighted by Crippen LogP contribution is -2.33. The number of nitrogens with one attached hydrogen (secondary N) is 2. The highest BCUT2D eigenvalue weighted by Gasteiger charge is 2.32. The van der Waals surface area contributed by atoms with Crippen LogP contribution in [-0.2, 0) is 9.63 Å². The van der Waals surface area contributed by atoms with E-state index in [9.17, 15) is 9.59 Å². The number of thiazole rings is 1. The number of hydrogen-bond donors (Lipinski definition) is 2. The number of aryl methyl sites for hydroxylation is 1. The van der Waals surface area contributed by atoms with E-state index < -0.39 is 0 Å². The highest BCUT2D eigenvalue weighted by atomic mass is 32.1. The third kappa shape index (κ3) is 4.84. The first-order valence-electron chi connectivity index (χ1n) is 12.5. The minimum atomic E-state index is -0.342. The number of nitriles is 1. The molecule has 1 saturated heterocycles. The Morgan fingerprint density at radius 1 is 1.03 bits per heavy atom. The maximum atomic E-state index is 13.2. The maximum absolute atomic E-state index is 13.2. The summed E-state index contributed by atoms with van der Waals surface area (Å²) in [5.41, 5.74) is 5.91. The summed E-state index contributed by atoms with van der Waals surface area (Å²) in [6.45, 7) is 2.39. The van der Waals surface area contributed by atoms with Crippen LogP contribution < -0.4 is 10.6 Å². The Labute approximate surface area is 223 Å². The van der Waals surface area contributed by atoms with Crippen LogP contribution >= 0.6 is 11.3 Å². The van der Waals surface area contributed by atoms with Crippen LogP contribution in [0.4, 0.5) is 15.6 Å². The summed E-state index contributed by atoms with van der Waals surface area (Å²) in [5, 5.41) is 17.0. The molecule has 2 N–H and O–H groups in total. The summed E-state index contributed by atoms with van der Waals surface area (Å²) in [5.74, 6) is 0.177. The molecule has 1 aliphatic carbocycles. The molecule has 1 atom stereocenters. The zero-order valence-electron chi connectivity index (χ0n) is 20.7. The Kier molecular flexibility index (Phi) is 6.27. The fourth-order valence-electron chi connectivity index (χ4n) is 4.57. The molecule has 0 radical (unpaired) electrons. The molecule has 38 heavy (non-hydrogen) atoms. The molecule has 0 spiro atoms. The van der Waals surface area contributed by atoms with Gasteiger partial charge < -0.3 is 10.6 Å². The Bertz CT molecular complexity index is 1590. The van der Waals surface area contributed by atoms with Crippen LogP contribution in [0.1, 0.15) is 42.0 Å². The number of aromatic nitrogens is 1. The van der Waals surface area contributed by atoms with Crippen LogP contribution in [0.25, 0.3) is 21.3 Å². The lowest BCUT2D eigenvalue weighted by atomic mass is 10.0. The lowest BCUT2D eigenvalue weighted by Gasteiger charge is -2.23. The number of hydroxylamine groups is 2. The number of carbonyl (C=O) groups excluding carboxylic acids is 2. The van der Waals surface area contributed by atoms with Gasteiger partial charge in [-0.25, -0.2) is 9.78 Å². The molecule has 8 nitrogen and oxygen atoms in total. The number of carbonyl (C=O) groups is 2. The van der Waals surface area contributed by atoms with Gasteiger partial charge in [0.15, 0.2) is 5.13 Å².